The lowest BCUT2D eigenvalue weighted by atomic mass is 10.2. The molecule has 1 aliphatic heterocycles. The highest BCUT2D eigenvalue weighted by atomic mass is 32.2. The number of carbonyl (C=O) groups is 1. The molecule has 2 aromatic rings. The zero-order chi connectivity index (χ0) is 22.1. The largest absolute Gasteiger partial charge is 0.352 e. The first-order valence-corrected chi connectivity index (χ1v) is 12.2. The Morgan fingerprint density at radius 3 is 2.45 bits per heavy atom. The number of piperazine rings is 1. The molecule has 0 radical (unpaired) electrons. The molecule has 2 aromatic carbocycles. The van der Waals surface area contributed by atoms with Crippen LogP contribution < -0.4 is 10.0 Å². The van der Waals surface area contributed by atoms with Gasteiger partial charge in [0.05, 0.1) is 4.90 Å². The van der Waals surface area contributed by atoms with E-state index in [1.54, 1.807) is 12.1 Å². The summed E-state index contributed by atoms with van der Waals surface area (Å²) in [5.74, 6) is -0.250. The Morgan fingerprint density at radius 2 is 1.71 bits per heavy atom. The first-order valence-electron chi connectivity index (χ1n) is 10.8. The van der Waals surface area contributed by atoms with Crippen molar-refractivity contribution in [2.75, 3.05) is 46.3 Å². The van der Waals surface area contributed by atoms with Crippen LogP contribution in [-0.4, -0.2) is 70.4 Å². The maximum Gasteiger partial charge on any atom is 0.251 e. The van der Waals surface area contributed by atoms with Crippen molar-refractivity contribution >= 4 is 15.9 Å². The molecule has 1 aliphatic rings. The predicted molar refractivity (Wildman–Crippen MR) is 122 cm³/mol. The Balaban J connectivity index is 1.44. The maximum absolute atomic E-state index is 12.6. The smallest absolute Gasteiger partial charge is 0.251 e. The molecule has 31 heavy (non-hydrogen) atoms. The van der Waals surface area contributed by atoms with E-state index in [2.05, 4.69) is 26.9 Å². The number of nitrogens with zero attached hydrogens (tertiary/aromatic N) is 2. The molecule has 0 aliphatic carbocycles. The highest BCUT2D eigenvalue weighted by Crippen LogP contribution is 2.12. The van der Waals surface area contributed by atoms with Crippen molar-refractivity contribution in [3.63, 3.8) is 0 Å². The second-order valence-corrected chi connectivity index (χ2v) is 9.71. The number of benzene rings is 2. The van der Waals surface area contributed by atoms with Gasteiger partial charge in [0.1, 0.15) is 0 Å². The summed E-state index contributed by atoms with van der Waals surface area (Å²) in [6.07, 6.45) is 1.93. The van der Waals surface area contributed by atoms with Gasteiger partial charge >= 0.3 is 0 Å². The van der Waals surface area contributed by atoms with E-state index in [0.29, 0.717) is 12.1 Å². The highest BCUT2D eigenvalue weighted by molar-refractivity contribution is 7.89. The van der Waals surface area contributed by atoms with Gasteiger partial charge in [-0.3, -0.25) is 4.79 Å². The van der Waals surface area contributed by atoms with Gasteiger partial charge in [-0.1, -0.05) is 36.4 Å². The summed E-state index contributed by atoms with van der Waals surface area (Å²) in [6, 6.07) is 15.5. The van der Waals surface area contributed by atoms with E-state index in [4.69, 9.17) is 0 Å². The highest BCUT2D eigenvalue weighted by Gasteiger charge is 2.16. The molecule has 7 nitrogen and oxygen atoms in total. The van der Waals surface area contributed by atoms with Crippen LogP contribution in [0.4, 0.5) is 0 Å². The molecule has 0 unspecified atom stereocenters. The summed E-state index contributed by atoms with van der Waals surface area (Å²) in [6.45, 7) is 6.24. The molecule has 168 valence electrons. The van der Waals surface area contributed by atoms with Gasteiger partial charge in [-0.15, -0.1) is 0 Å². The van der Waals surface area contributed by atoms with Crippen LogP contribution in [0.2, 0.25) is 0 Å². The fraction of sp³-hybridized carbons (Fsp3) is 0.435. The minimum Gasteiger partial charge on any atom is -0.352 e. The number of hydrogen-bond donors (Lipinski definition) is 2. The molecule has 0 aromatic heterocycles. The maximum atomic E-state index is 12.6. The van der Waals surface area contributed by atoms with Crippen molar-refractivity contribution in [2.45, 2.75) is 24.3 Å². The van der Waals surface area contributed by atoms with E-state index in [-0.39, 0.29) is 17.3 Å². The number of amides is 1. The first-order chi connectivity index (χ1) is 14.9. The number of unbranched alkanes of at least 4 members (excludes halogenated alkanes) is 1. The van der Waals surface area contributed by atoms with Crippen LogP contribution in [0.15, 0.2) is 59.5 Å². The number of hydrogen-bond acceptors (Lipinski definition) is 5. The molecular weight excluding hydrogens is 412 g/mol. The number of likely N-dealkylation sites (N-methyl/N-ethyl adjacent to an activating group) is 1. The minimum absolute atomic E-state index is 0.0890. The molecule has 1 amide bonds. The van der Waals surface area contributed by atoms with E-state index in [1.807, 2.05) is 30.3 Å². The third kappa shape index (κ3) is 7.43. The van der Waals surface area contributed by atoms with Crippen LogP contribution in [0.5, 0.6) is 0 Å². The van der Waals surface area contributed by atoms with Gasteiger partial charge in [0, 0.05) is 44.8 Å². The quantitative estimate of drug-likeness (QED) is 0.547. The van der Waals surface area contributed by atoms with Crippen molar-refractivity contribution in [2.24, 2.45) is 0 Å². The monoisotopic (exact) mass is 444 g/mol. The van der Waals surface area contributed by atoms with Gasteiger partial charge in [0.15, 0.2) is 0 Å². The SMILES string of the molecule is CN1CCN(CCCCNC(=O)c2cccc(S(=O)(=O)NCc3ccccc3)c2)CC1. The lowest BCUT2D eigenvalue weighted by Gasteiger charge is -2.32. The number of carbonyl (C=O) groups excluding carboxylic acids is 1. The fourth-order valence-corrected chi connectivity index (χ4v) is 4.56. The molecule has 0 saturated carbocycles. The molecule has 1 saturated heterocycles. The van der Waals surface area contributed by atoms with Crippen molar-refractivity contribution in [1.82, 2.24) is 19.8 Å². The van der Waals surface area contributed by atoms with Gasteiger partial charge in [-0.2, -0.15) is 0 Å². The summed E-state index contributed by atoms with van der Waals surface area (Å²) < 4.78 is 27.8. The Hall–Kier alpha value is -2.26. The van der Waals surface area contributed by atoms with Crippen LogP contribution >= 0.6 is 0 Å². The molecular formula is C23H32N4O3S. The number of nitrogens with one attached hydrogen (secondary N) is 2. The van der Waals surface area contributed by atoms with E-state index in [9.17, 15) is 13.2 Å². The standard InChI is InChI=1S/C23H32N4O3S/c1-26-14-16-27(17-15-26)13-6-5-12-24-23(28)21-10-7-11-22(18-21)31(29,30)25-19-20-8-3-2-4-9-20/h2-4,7-11,18,25H,5-6,12-17,19H2,1H3,(H,24,28). The van der Waals surface area contributed by atoms with Crippen molar-refractivity contribution in [3.8, 4) is 0 Å². The van der Waals surface area contributed by atoms with E-state index in [1.165, 1.54) is 12.1 Å². The van der Waals surface area contributed by atoms with E-state index >= 15 is 0 Å². The fourth-order valence-electron chi connectivity index (χ4n) is 3.50. The van der Waals surface area contributed by atoms with E-state index < -0.39 is 10.0 Å². The lowest BCUT2D eigenvalue weighted by molar-refractivity contribution is 0.0951. The van der Waals surface area contributed by atoms with Crippen molar-refractivity contribution in [3.05, 3.63) is 65.7 Å². The van der Waals surface area contributed by atoms with Crippen LogP contribution in [-0.2, 0) is 16.6 Å². The van der Waals surface area contributed by atoms with Crippen LogP contribution in [0, 0.1) is 0 Å². The second-order valence-electron chi connectivity index (χ2n) is 7.95. The summed E-state index contributed by atoms with van der Waals surface area (Å²) in [4.78, 5) is 17.3. The zero-order valence-electron chi connectivity index (χ0n) is 18.1. The molecule has 1 fully saturated rings. The zero-order valence-corrected chi connectivity index (χ0v) is 18.9. The van der Waals surface area contributed by atoms with Crippen LogP contribution in [0.1, 0.15) is 28.8 Å². The van der Waals surface area contributed by atoms with Crippen molar-refractivity contribution in [1.29, 1.82) is 0 Å². The minimum atomic E-state index is -3.70. The Labute approximate surface area is 185 Å². The average Bonchev–Trinajstić information content (AvgIpc) is 2.79. The topological polar surface area (TPSA) is 81.8 Å². The number of rotatable bonds is 10. The average molecular weight is 445 g/mol. The van der Waals surface area contributed by atoms with E-state index in [0.717, 1.165) is 51.1 Å². The van der Waals surface area contributed by atoms with Crippen molar-refractivity contribution < 1.29 is 13.2 Å². The summed E-state index contributed by atoms with van der Waals surface area (Å²) in [5.41, 5.74) is 1.22. The molecule has 8 heteroatoms. The van der Waals surface area contributed by atoms with Gasteiger partial charge in [0.2, 0.25) is 10.0 Å². The Morgan fingerprint density at radius 1 is 0.968 bits per heavy atom. The lowest BCUT2D eigenvalue weighted by Crippen LogP contribution is -2.44. The third-order valence-corrected chi connectivity index (χ3v) is 6.90. The van der Waals surface area contributed by atoms with Gasteiger partial charge in [0.25, 0.3) is 5.91 Å². The van der Waals surface area contributed by atoms with Gasteiger partial charge in [-0.05, 0) is 50.2 Å². The first kappa shape index (κ1) is 23.4. The van der Waals surface area contributed by atoms with Crippen LogP contribution in [0.25, 0.3) is 0 Å². The molecule has 0 bridgehead atoms. The molecule has 1 heterocycles. The molecule has 0 spiro atoms. The number of sulfonamides is 1. The predicted octanol–water partition coefficient (Wildman–Crippen LogP) is 1.92. The summed E-state index contributed by atoms with van der Waals surface area (Å²) in [5, 5.41) is 2.90. The normalized spacial score (nSPS) is 15.6. The summed E-state index contributed by atoms with van der Waals surface area (Å²) in [7, 11) is -1.55. The Kier molecular flexibility index (Phi) is 8.60. The Bertz CT molecular complexity index is 942. The molecule has 3 rings (SSSR count). The summed E-state index contributed by atoms with van der Waals surface area (Å²) >= 11 is 0. The van der Waals surface area contributed by atoms with Crippen LogP contribution in [0.3, 0.4) is 0 Å². The van der Waals surface area contributed by atoms with Gasteiger partial charge < -0.3 is 15.1 Å². The van der Waals surface area contributed by atoms with Gasteiger partial charge in [-0.25, -0.2) is 13.1 Å². The third-order valence-electron chi connectivity index (χ3n) is 5.50. The second kappa shape index (κ2) is 11.4. The molecule has 2 N–H and O–H groups in total. The molecule has 0 atom stereocenters.